The molecular formula is C19H20N2O3S. The van der Waals surface area contributed by atoms with Crippen LogP contribution in [0.1, 0.15) is 17.3 Å². The molecule has 5 nitrogen and oxygen atoms in total. The Morgan fingerprint density at radius 1 is 1.16 bits per heavy atom. The third-order valence-corrected chi connectivity index (χ3v) is 3.30. The van der Waals surface area contributed by atoms with E-state index in [-0.39, 0.29) is 11.0 Å². The predicted molar refractivity (Wildman–Crippen MR) is 103 cm³/mol. The van der Waals surface area contributed by atoms with E-state index in [1.165, 1.54) is 0 Å². The lowest BCUT2D eigenvalue weighted by atomic mass is 10.2. The first-order valence-electron chi connectivity index (χ1n) is 7.81. The summed E-state index contributed by atoms with van der Waals surface area (Å²) in [6, 6.07) is 14.2. The molecule has 0 heterocycles. The summed E-state index contributed by atoms with van der Waals surface area (Å²) in [7, 11) is 0. The Hall–Kier alpha value is -2.86. The number of anilines is 1. The molecule has 0 bridgehead atoms. The molecular weight excluding hydrogens is 336 g/mol. The van der Waals surface area contributed by atoms with Gasteiger partial charge in [0.15, 0.2) is 5.11 Å². The Bertz CT molecular complexity index is 762. The lowest BCUT2D eigenvalue weighted by molar-refractivity contribution is 0.0977. The van der Waals surface area contributed by atoms with Gasteiger partial charge >= 0.3 is 0 Å². The number of nitrogens with one attached hydrogen (secondary N) is 2. The van der Waals surface area contributed by atoms with Crippen LogP contribution < -0.4 is 20.1 Å². The minimum Gasteiger partial charge on any atom is -0.494 e. The third kappa shape index (κ3) is 5.93. The van der Waals surface area contributed by atoms with Gasteiger partial charge in [-0.05, 0) is 49.5 Å². The first-order chi connectivity index (χ1) is 12.1. The highest BCUT2D eigenvalue weighted by atomic mass is 32.1. The molecule has 0 aliphatic rings. The molecule has 6 heteroatoms. The highest BCUT2D eigenvalue weighted by Crippen LogP contribution is 2.17. The molecule has 0 unspecified atom stereocenters. The second kappa shape index (κ2) is 9.44. The van der Waals surface area contributed by atoms with Crippen LogP contribution in [0.5, 0.6) is 11.5 Å². The Morgan fingerprint density at radius 2 is 1.88 bits per heavy atom. The average molecular weight is 356 g/mol. The van der Waals surface area contributed by atoms with Gasteiger partial charge in [-0.3, -0.25) is 10.1 Å². The van der Waals surface area contributed by atoms with Crippen molar-refractivity contribution >= 4 is 28.9 Å². The molecule has 0 saturated heterocycles. The molecule has 0 radical (unpaired) electrons. The largest absolute Gasteiger partial charge is 0.494 e. The predicted octanol–water partition coefficient (Wildman–Crippen LogP) is 3.78. The van der Waals surface area contributed by atoms with Crippen molar-refractivity contribution in [3.63, 3.8) is 0 Å². The van der Waals surface area contributed by atoms with Crippen molar-refractivity contribution in [1.82, 2.24) is 5.32 Å². The number of amides is 1. The molecule has 0 aliphatic heterocycles. The molecule has 1 amide bonds. The second-order valence-corrected chi connectivity index (χ2v) is 5.40. The molecule has 0 aliphatic carbocycles. The number of benzene rings is 2. The van der Waals surface area contributed by atoms with Gasteiger partial charge < -0.3 is 14.8 Å². The molecule has 2 N–H and O–H groups in total. The van der Waals surface area contributed by atoms with Crippen LogP contribution in [-0.2, 0) is 0 Å². The lowest BCUT2D eigenvalue weighted by Crippen LogP contribution is -2.34. The summed E-state index contributed by atoms with van der Waals surface area (Å²) in [6.07, 6.45) is 1.67. The maximum Gasteiger partial charge on any atom is 0.257 e. The third-order valence-electron chi connectivity index (χ3n) is 3.09. The summed E-state index contributed by atoms with van der Waals surface area (Å²) in [5.41, 5.74) is 1.19. The number of hydrogen-bond acceptors (Lipinski definition) is 4. The molecule has 0 aromatic heterocycles. The topological polar surface area (TPSA) is 59.6 Å². The van der Waals surface area contributed by atoms with Crippen molar-refractivity contribution in [3.05, 3.63) is 66.7 Å². The Labute approximate surface area is 152 Å². The highest BCUT2D eigenvalue weighted by molar-refractivity contribution is 7.80. The zero-order chi connectivity index (χ0) is 18.1. The van der Waals surface area contributed by atoms with Crippen LogP contribution in [0.3, 0.4) is 0 Å². The second-order valence-electron chi connectivity index (χ2n) is 5.00. The fraction of sp³-hybridized carbons (Fsp3) is 0.158. The summed E-state index contributed by atoms with van der Waals surface area (Å²) in [4.78, 5) is 12.3. The van der Waals surface area contributed by atoms with E-state index in [2.05, 4.69) is 17.2 Å². The van der Waals surface area contributed by atoms with E-state index < -0.39 is 0 Å². The van der Waals surface area contributed by atoms with Gasteiger partial charge in [0.25, 0.3) is 5.91 Å². The van der Waals surface area contributed by atoms with Crippen molar-refractivity contribution < 1.29 is 14.3 Å². The summed E-state index contributed by atoms with van der Waals surface area (Å²) in [6.45, 7) is 6.45. The van der Waals surface area contributed by atoms with E-state index in [1.807, 2.05) is 25.1 Å². The highest BCUT2D eigenvalue weighted by Gasteiger charge is 2.09. The zero-order valence-corrected chi connectivity index (χ0v) is 14.8. The van der Waals surface area contributed by atoms with E-state index in [4.69, 9.17) is 21.7 Å². The van der Waals surface area contributed by atoms with Gasteiger partial charge in [0.2, 0.25) is 0 Å². The minimum atomic E-state index is -0.307. The quantitative estimate of drug-likeness (QED) is 0.584. The lowest BCUT2D eigenvalue weighted by Gasteiger charge is -2.11. The van der Waals surface area contributed by atoms with Gasteiger partial charge in [0, 0.05) is 17.3 Å². The van der Waals surface area contributed by atoms with Gasteiger partial charge in [-0.1, -0.05) is 24.8 Å². The van der Waals surface area contributed by atoms with E-state index in [0.717, 1.165) is 5.69 Å². The van der Waals surface area contributed by atoms with Crippen LogP contribution in [-0.4, -0.2) is 24.2 Å². The Kier molecular flexibility index (Phi) is 6.98. The van der Waals surface area contributed by atoms with E-state index >= 15 is 0 Å². The summed E-state index contributed by atoms with van der Waals surface area (Å²) in [5, 5.41) is 5.81. The summed E-state index contributed by atoms with van der Waals surface area (Å²) in [5.74, 6) is 1.02. The van der Waals surface area contributed by atoms with Crippen LogP contribution in [0.15, 0.2) is 61.2 Å². The Morgan fingerprint density at radius 3 is 2.60 bits per heavy atom. The molecule has 0 spiro atoms. The number of hydrogen-bond donors (Lipinski definition) is 2. The van der Waals surface area contributed by atoms with Crippen molar-refractivity contribution in [3.8, 4) is 11.5 Å². The molecule has 0 saturated carbocycles. The van der Waals surface area contributed by atoms with Crippen LogP contribution >= 0.6 is 12.2 Å². The van der Waals surface area contributed by atoms with Crippen LogP contribution in [0.2, 0.25) is 0 Å². The van der Waals surface area contributed by atoms with Gasteiger partial charge in [-0.15, -0.1) is 0 Å². The van der Waals surface area contributed by atoms with Gasteiger partial charge in [0.1, 0.15) is 18.1 Å². The molecule has 2 aromatic carbocycles. The van der Waals surface area contributed by atoms with E-state index in [9.17, 15) is 4.79 Å². The standard InChI is InChI=1S/C19H20N2O3S/c1-3-11-24-17-10-6-8-15(13-17)20-19(25)21-18(22)14-7-5-9-16(12-14)23-4-2/h3,5-10,12-13H,1,4,11H2,2H3,(H2,20,21,22,25). The van der Waals surface area contributed by atoms with Crippen LogP contribution in [0, 0.1) is 0 Å². The molecule has 25 heavy (non-hydrogen) atoms. The first kappa shape index (κ1) is 18.5. The van der Waals surface area contributed by atoms with Gasteiger partial charge in [-0.25, -0.2) is 0 Å². The summed E-state index contributed by atoms with van der Waals surface area (Å²) < 4.78 is 10.9. The maximum atomic E-state index is 12.3. The van der Waals surface area contributed by atoms with Crippen LogP contribution in [0.4, 0.5) is 5.69 Å². The van der Waals surface area contributed by atoms with E-state index in [1.54, 1.807) is 36.4 Å². The summed E-state index contributed by atoms with van der Waals surface area (Å²) >= 11 is 5.20. The molecule has 2 rings (SSSR count). The van der Waals surface area contributed by atoms with Gasteiger partial charge in [0.05, 0.1) is 6.61 Å². The molecule has 130 valence electrons. The number of rotatable bonds is 7. The van der Waals surface area contributed by atoms with Crippen LogP contribution in [0.25, 0.3) is 0 Å². The van der Waals surface area contributed by atoms with Crippen molar-refractivity contribution in [2.24, 2.45) is 0 Å². The van der Waals surface area contributed by atoms with Gasteiger partial charge in [-0.2, -0.15) is 0 Å². The van der Waals surface area contributed by atoms with E-state index in [0.29, 0.717) is 30.3 Å². The maximum absolute atomic E-state index is 12.3. The minimum absolute atomic E-state index is 0.202. The number of carbonyl (C=O) groups excluding carboxylic acids is 1. The molecule has 0 atom stereocenters. The molecule has 2 aromatic rings. The van der Waals surface area contributed by atoms with Crippen molar-refractivity contribution in [2.75, 3.05) is 18.5 Å². The van der Waals surface area contributed by atoms with Crippen molar-refractivity contribution in [2.45, 2.75) is 6.92 Å². The average Bonchev–Trinajstić information content (AvgIpc) is 2.60. The molecule has 0 fully saturated rings. The fourth-order valence-electron chi connectivity index (χ4n) is 2.05. The SMILES string of the molecule is C=CCOc1cccc(NC(=S)NC(=O)c2cccc(OCC)c2)c1. The number of carbonyl (C=O) groups is 1. The smallest absolute Gasteiger partial charge is 0.257 e. The van der Waals surface area contributed by atoms with Crippen molar-refractivity contribution in [1.29, 1.82) is 0 Å². The fourth-order valence-corrected chi connectivity index (χ4v) is 2.26. The Balaban J connectivity index is 1.96. The zero-order valence-electron chi connectivity index (χ0n) is 14.0. The number of ether oxygens (including phenoxy) is 2. The monoisotopic (exact) mass is 356 g/mol. The first-order valence-corrected chi connectivity index (χ1v) is 8.22. The number of thiocarbonyl (C=S) groups is 1. The normalized spacial score (nSPS) is 9.80.